The summed E-state index contributed by atoms with van der Waals surface area (Å²) in [6.45, 7) is 0. The van der Waals surface area contributed by atoms with Crippen LogP contribution >= 0.6 is 11.8 Å². The Morgan fingerprint density at radius 2 is 2.00 bits per heavy atom. The second-order valence-corrected chi connectivity index (χ2v) is 5.30. The molecular formula is C15H13FN2OS. The highest BCUT2D eigenvalue weighted by Gasteiger charge is 2.05. The van der Waals surface area contributed by atoms with Gasteiger partial charge in [0.05, 0.1) is 18.1 Å². The van der Waals surface area contributed by atoms with Gasteiger partial charge in [0, 0.05) is 5.75 Å². The number of imidazole rings is 1. The normalized spacial score (nSPS) is 10.9. The van der Waals surface area contributed by atoms with Crippen molar-refractivity contribution in [2.24, 2.45) is 0 Å². The molecule has 0 saturated carbocycles. The maximum atomic E-state index is 13.1. The molecule has 0 aliphatic rings. The van der Waals surface area contributed by atoms with Crippen LogP contribution in [0.3, 0.4) is 0 Å². The molecule has 0 aliphatic heterocycles. The third-order valence-electron chi connectivity index (χ3n) is 2.96. The summed E-state index contributed by atoms with van der Waals surface area (Å²) in [5, 5.41) is 0.793. The number of H-pyrrole nitrogens is 1. The molecule has 0 fully saturated rings. The molecule has 5 heteroatoms. The number of aromatic amines is 1. The van der Waals surface area contributed by atoms with Crippen LogP contribution < -0.4 is 4.74 Å². The van der Waals surface area contributed by atoms with Gasteiger partial charge in [-0.2, -0.15) is 0 Å². The van der Waals surface area contributed by atoms with E-state index in [0.717, 1.165) is 27.7 Å². The topological polar surface area (TPSA) is 37.9 Å². The predicted octanol–water partition coefficient (Wildman–Crippen LogP) is 4.00. The van der Waals surface area contributed by atoms with Crippen LogP contribution in [0.25, 0.3) is 11.0 Å². The fraction of sp³-hybridized carbons (Fsp3) is 0.133. The predicted molar refractivity (Wildman–Crippen MR) is 78.6 cm³/mol. The lowest BCUT2D eigenvalue weighted by atomic mass is 10.2. The van der Waals surface area contributed by atoms with E-state index in [9.17, 15) is 4.39 Å². The zero-order valence-corrected chi connectivity index (χ0v) is 11.7. The van der Waals surface area contributed by atoms with Crippen LogP contribution in [0.15, 0.2) is 47.6 Å². The van der Waals surface area contributed by atoms with E-state index < -0.39 is 0 Å². The van der Waals surface area contributed by atoms with Crippen molar-refractivity contribution in [2.75, 3.05) is 7.11 Å². The number of methoxy groups -OCH3 is 1. The third-order valence-corrected chi connectivity index (χ3v) is 3.90. The quantitative estimate of drug-likeness (QED) is 0.737. The van der Waals surface area contributed by atoms with Crippen LogP contribution in [0.4, 0.5) is 4.39 Å². The van der Waals surface area contributed by atoms with Crippen molar-refractivity contribution in [2.45, 2.75) is 10.9 Å². The Bertz CT molecular complexity index is 724. The van der Waals surface area contributed by atoms with Crippen molar-refractivity contribution in [3.63, 3.8) is 0 Å². The number of fused-ring (bicyclic) bond motifs is 1. The highest BCUT2D eigenvalue weighted by Crippen LogP contribution is 2.24. The highest BCUT2D eigenvalue weighted by molar-refractivity contribution is 7.98. The minimum absolute atomic E-state index is 0.257. The average molecular weight is 288 g/mol. The number of nitrogens with one attached hydrogen (secondary N) is 1. The molecule has 0 aliphatic carbocycles. The SMILES string of the molecule is COc1ccc(CSc2nc3ccc(F)cc3[nH]2)cc1. The minimum atomic E-state index is -0.257. The summed E-state index contributed by atoms with van der Waals surface area (Å²) in [6.07, 6.45) is 0. The van der Waals surface area contributed by atoms with Gasteiger partial charge in [-0.15, -0.1) is 0 Å². The zero-order valence-electron chi connectivity index (χ0n) is 10.9. The molecule has 0 saturated heterocycles. The Kier molecular flexibility index (Phi) is 3.60. The van der Waals surface area contributed by atoms with E-state index in [2.05, 4.69) is 9.97 Å². The standard InChI is InChI=1S/C15H13FN2OS/c1-19-12-5-2-10(3-6-12)9-20-15-17-13-7-4-11(16)8-14(13)18-15/h2-8H,9H2,1H3,(H,17,18). The van der Waals surface area contributed by atoms with Crippen molar-refractivity contribution in [1.29, 1.82) is 0 Å². The van der Waals surface area contributed by atoms with Gasteiger partial charge in [0.15, 0.2) is 5.16 Å². The molecule has 1 aromatic heterocycles. The van der Waals surface area contributed by atoms with Gasteiger partial charge in [-0.25, -0.2) is 9.37 Å². The molecule has 3 aromatic rings. The summed E-state index contributed by atoms with van der Waals surface area (Å²) in [5.74, 6) is 1.39. The first-order valence-electron chi connectivity index (χ1n) is 6.15. The van der Waals surface area contributed by atoms with Gasteiger partial charge in [-0.1, -0.05) is 23.9 Å². The molecular weight excluding hydrogens is 275 g/mol. The van der Waals surface area contributed by atoms with Crippen LogP contribution in [0.1, 0.15) is 5.56 Å². The van der Waals surface area contributed by atoms with E-state index in [1.807, 2.05) is 24.3 Å². The molecule has 0 bridgehead atoms. The lowest BCUT2D eigenvalue weighted by Crippen LogP contribution is -1.84. The molecule has 20 heavy (non-hydrogen) atoms. The molecule has 1 N–H and O–H groups in total. The summed E-state index contributed by atoms with van der Waals surface area (Å²) >= 11 is 1.59. The Morgan fingerprint density at radius 1 is 1.20 bits per heavy atom. The molecule has 0 unspecified atom stereocenters. The van der Waals surface area contributed by atoms with E-state index in [4.69, 9.17) is 4.74 Å². The van der Waals surface area contributed by atoms with Crippen molar-refractivity contribution in [1.82, 2.24) is 9.97 Å². The molecule has 0 amide bonds. The van der Waals surface area contributed by atoms with E-state index in [1.165, 1.54) is 17.7 Å². The first-order chi connectivity index (χ1) is 9.74. The molecule has 3 rings (SSSR count). The Labute approximate surface area is 120 Å². The average Bonchev–Trinajstić information content (AvgIpc) is 2.87. The highest BCUT2D eigenvalue weighted by atomic mass is 32.2. The number of benzene rings is 2. The van der Waals surface area contributed by atoms with Gasteiger partial charge in [0.2, 0.25) is 0 Å². The second-order valence-electron chi connectivity index (χ2n) is 4.34. The number of halogens is 1. The monoisotopic (exact) mass is 288 g/mol. The maximum absolute atomic E-state index is 13.1. The third kappa shape index (κ3) is 2.77. The number of nitrogens with zero attached hydrogens (tertiary/aromatic N) is 1. The lowest BCUT2D eigenvalue weighted by Gasteiger charge is -2.01. The number of ether oxygens (including phenoxy) is 1. The van der Waals surface area contributed by atoms with E-state index in [-0.39, 0.29) is 5.82 Å². The van der Waals surface area contributed by atoms with Crippen LogP contribution in [0.2, 0.25) is 0 Å². The van der Waals surface area contributed by atoms with E-state index >= 15 is 0 Å². The molecule has 1 heterocycles. The van der Waals surface area contributed by atoms with Crippen molar-refractivity contribution in [3.05, 3.63) is 53.8 Å². The van der Waals surface area contributed by atoms with Gasteiger partial charge in [-0.3, -0.25) is 0 Å². The van der Waals surface area contributed by atoms with Crippen LogP contribution in [-0.4, -0.2) is 17.1 Å². The molecule has 0 radical (unpaired) electrons. The second kappa shape index (κ2) is 5.54. The summed E-state index contributed by atoms with van der Waals surface area (Å²) < 4.78 is 18.2. The number of aromatic nitrogens is 2. The van der Waals surface area contributed by atoms with Gasteiger partial charge in [-0.05, 0) is 35.9 Å². The molecule has 102 valence electrons. The summed E-state index contributed by atoms with van der Waals surface area (Å²) in [4.78, 5) is 7.54. The van der Waals surface area contributed by atoms with Crippen molar-refractivity contribution < 1.29 is 9.13 Å². The van der Waals surface area contributed by atoms with E-state index in [1.54, 1.807) is 24.9 Å². The van der Waals surface area contributed by atoms with Gasteiger partial charge < -0.3 is 9.72 Å². The van der Waals surface area contributed by atoms with Gasteiger partial charge in [0.1, 0.15) is 11.6 Å². The summed E-state index contributed by atoms with van der Waals surface area (Å²) in [6, 6.07) is 12.5. The first kappa shape index (κ1) is 13.0. The summed E-state index contributed by atoms with van der Waals surface area (Å²) in [5.41, 5.74) is 2.69. The number of hydrogen-bond donors (Lipinski definition) is 1. The number of hydrogen-bond acceptors (Lipinski definition) is 3. The molecule has 0 atom stereocenters. The van der Waals surface area contributed by atoms with Crippen molar-refractivity contribution in [3.8, 4) is 5.75 Å². The van der Waals surface area contributed by atoms with Crippen LogP contribution in [-0.2, 0) is 5.75 Å². The van der Waals surface area contributed by atoms with E-state index in [0.29, 0.717) is 0 Å². The summed E-state index contributed by atoms with van der Waals surface area (Å²) in [7, 11) is 1.65. The van der Waals surface area contributed by atoms with Crippen molar-refractivity contribution >= 4 is 22.8 Å². The first-order valence-corrected chi connectivity index (χ1v) is 7.14. The molecule has 0 spiro atoms. The Morgan fingerprint density at radius 3 is 2.75 bits per heavy atom. The Balaban J connectivity index is 1.72. The van der Waals surface area contributed by atoms with Gasteiger partial charge >= 0.3 is 0 Å². The van der Waals surface area contributed by atoms with Crippen LogP contribution in [0.5, 0.6) is 5.75 Å². The maximum Gasteiger partial charge on any atom is 0.166 e. The Hall–Kier alpha value is -2.01. The molecule has 3 nitrogen and oxygen atoms in total. The zero-order chi connectivity index (χ0) is 13.9. The number of thioether (sulfide) groups is 1. The number of rotatable bonds is 4. The molecule has 2 aromatic carbocycles. The lowest BCUT2D eigenvalue weighted by molar-refractivity contribution is 0.414. The fourth-order valence-corrected chi connectivity index (χ4v) is 2.74. The fourth-order valence-electron chi connectivity index (χ4n) is 1.90. The van der Waals surface area contributed by atoms with Gasteiger partial charge in [0.25, 0.3) is 0 Å². The largest absolute Gasteiger partial charge is 0.497 e. The van der Waals surface area contributed by atoms with Crippen LogP contribution in [0, 0.1) is 5.82 Å². The smallest absolute Gasteiger partial charge is 0.166 e. The minimum Gasteiger partial charge on any atom is -0.497 e.